The van der Waals surface area contributed by atoms with Gasteiger partial charge in [-0.15, -0.1) is 0 Å². The fourth-order valence-corrected chi connectivity index (χ4v) is 8.17. The summed E-state index contributed by atoms with van der Waals surface area (Å²) < 4.78 is 5.69. The number of hydrogen-bond donors (Lipinski definition) is 2. The van der Waals surface area contributed by atoms with Crippen molar-refractivity contribution < 1.29 is 14.3 Å². The second-order valence-electron chi connectivity index (χ2n) is 15.5. The molecule has 9 heteroatoms. The Morgan fingerprint density at radius 3 is 2.17 bits per heavy atom. The zero-order valence-electron chi connectivity index (χ0n) is 33.7. The van der Waals surface area contributed by atoms with Gasteiger partial charge in [0.25, 0.3) is 11.5 Å². The number of aryl methyl sites for hydroxylation is 2. The van der Waals surface area contributed by atoms with E-state index < -0.39 is 0 Å². The van der Waals surface area contributed by atoms with Gasteiger partial charge in [-0.2, -0.15) is 0 Å². The number of nitrogens with one attached hydrogen (secondary N) is 2. The molecule has 0 saturated carbocycles. The molecule has 3 heterocycles. The van der Waals surface area contributed by atoms with Gasteiger partial charge in [-0.1, -0.05) is 76.1 Å². The monoisotopic (exact) mass is 740 g/mol. The van der Waals surface area contributed by atoms with E-state index in [9.17, 15) is 14.4 Å². The first kappa shape index (κ1) is 41.2. The van der Waals surface area contributed by atoms with Crippen LogP contribution in [0.2, 0.25) is 0 Å². The highest BCUT2D eigenvalue weighted by molar-refractivity contribution is 5.99. The van der Waals surface area contributed by atoms with E-state index in [1.165, 1.54) is 44.1 Å². The van der Waals surface area contributed by atoms with E-state index >= 15 is 0 Å². The molecule has 2 aromatic carbocycles. The minimum atomic E-state index is -0.190. The lowest BCUT2D eigenvalue weighted by Gasteiger charge is -2.37. The van der Waals surface area contributed by atoms with Crippen molar-refractivity contribution in [1.29, 1.82) is 0 Å². The van der Waals surface area contributed by atoms with E-state index in [0.29, 0.717) is 29.5 Å². The molecule has 2 fully saturated rings. The molecule has 54 heavy (non-hydrogen) atoms. The van der Waals surface area contributed by atoms with Crippen molar-refractivity contribution in [2.24, 2.45) is 0 Å². The number of amides is 2. The molecule has 0 spiro atoms. The first-order chi connectivity index (χ1) is 26.2. The maximum atomic E-state index is 13.9. The number of carbonyl (C=O) groups is 2. The average Bonchev–Trinajstić information content (AvgIpc) is 3.17. The quantitative estimate of drug-likeness (QED) is 0.128. The lowest BCUT2D eigenvalue weighted by atomic mass is 9.94. The van der Waals surface area contributed by atoms with Crippen LogP contribution in [-0.4, -0.2) is 78.6 Å². The number of piperazine rings is 1. The van der Waals surface area contributed by atoms with Crippen molar-refractivity contribution in [3.8, 4) is 11.1 Å². The molecule has 3 aromatic rings. The van der Waals surface area contributed by atoms with E-state index in [0.717, 1.165) is 112 Å². The standard InChI is InChI=1S/C45H65N5O4/c1-6-8-9-10-11-12-13-14-15-43(51)49-24-22-48(23-25-49)32-36-16-18-37(19-17-36)38-29-40(44(52)46-31-41-33(3)28-34(4)47-45(41)53)35(5)42(30-38)50(7-2)39-20-26-54-27-21-39/h16-19,28-30,39H,6-15,20-27,31-32H2,1-5H3,(H,46,52)(H,47,53). The van der Waals surface area contributed by atoms with Gasteiger partial charge in [0.1, 0.15) is 0 Å². The molecule has 0 atom stereocenters. The van der Waals surface area contributed by atoms with Gasteiger partial charge >= 0.3 is 0 Å². The lowest BCUT2D eigenvalue weighted by molar-refractivity contribution is -0.133. The predicted molar refractivity (Wildman–Crippen MR) is 220 cm³/mol. The van der Waals surface area contributed by atoms with Crippen LogP contribution in [0.15, 0.2) is 47.3 Å². The van der Waals surface area contributed by atoms with E-state index in [1.807, 2.05) is 32.9 Å². The first-order valence-electron chi connectivity index (χ1n) is 20.7. The third kappa shape index (κ3) is 11.3. The minimum Gasteiger partial charge on any atom is -0.381 e. The molecule has 1 aromatic heterocycles. The fourth-order valence-electron chi connectivity index (χ4n) is 8.17. The molecule has 2 aliphatic heterocycles. The summed E-state index contributed by atoms with van der Waals surface area (Å²) in [5.74, 6) is 0.123. The number of aromatic nitrogens is 1. The van der Waals surface area contributed by atoms with Crippen LogP contribution in [0.3, 0.4) is 0 Å². The van der Waals surface area contributed by atoms with Crippen molar-refractivity contribution in [3.63, 3.8) is 0 Å². The molecule has 2 aliphatic rings. The van der Waals surface area contributed by atoms with E-state index in [-0.39, 0.29) is 18.0 Å². The smallest absolute Gasteiger partial charge is 0.253 e. The normalized spacial score (nSPS) is 15.4. The van der Waals surface area contributed by atoms with Crippen LogP contribution < -0.4 is 15.8 Å². The molecule has 2 N–H and O–H groups in total. The summed E-state index contributed by atoms with van der Waals surface area (Å²) >= 11 is 0. The summed E-state index contributed by atoms with van der Waals surface area (Å²) in [6.07, 6.45) is 12.6. The maximum Gasteiger partial charge on any atom is 0.253 e. The largest absolute Gasteiger partial charge is 0.381 e. The van der Waals surface area contributed by atoms with Gasteiger partial charge in [-0.05, 0) is 93.0 Å². The van der Waals surface area contributed by atoms with Crippen LogP contribution in [-0.2, 0) is 22.6 Å². The predicted octanol–water partition coefficient (Wildman–Crippen LogP) is 8.08. The Balaban J connectivity index is 1.24. The summed E-state index contributed by atoms with van der Waals surface area (Å²) in [4.78, 5) is 49.3. The second kappa shape index (κ2) is 20.7. The number of carbonyl (C=O) groups excluding carboxylic acids is 2. The molecule has 0 unspecified atom stereocenters. The lowest BCUT2D eigenvalue weighted by Crippen LogP contribution is -2.48. The summed E-state index contributed by atoms with van der Waals surface area (Å²) in [5.41, 5.74) is 7.98. The molecule has 2 saturated heterocycles. The van der Waals surface area contributed by atoms with Gasteiger partial charge in [0.05, 0.1) is 0 Å². The summed E-state index contributed by atoms with van der Waals surface area (Å²) in [5, 5.41) is 3.06. The highest BCUT2D eigenvalue weighted by Gasteiger charge is 2.26. The molecule has 9 nitrogen and oxygen atoms in total. The Hall–Kier alpha value is -3.95. The zero-order chi connectivity index (χ0) is 38.5. The number of nitrogens with zero attached hydrogens (tertiary/aromatic N) is 3. The molecule has 5 rings (SSSR count). The van der Waals surface area contributed by atoms with Crippen LogP contribution in [0, 0.1) is 20.8 Å². The fraction of sp³-hybridized carbons (Fsp3) is 0.578. The molecule has 294 valence electrons. The van der Waals surface area contributed by atoms with Crippen molar-refractivity contribution in [3.05, 3.63) is 86.3 Å². The van der Waals surface area contributed by atoms with E-state index in [1.54, 1.807) is 0 Å². The molecule has 0 aliphatic carbocycles. The van der Waals surface area contributed by atoms with Crippen molar-refractivity contribution >= 4 is 17.5 Å². The average molecular weight is 740 g/mol. The number of benzene rings is 2. The Morgan fingerprint density at radius 1 is 0.852 bits per heavy atom. The number of hydrogen-bond acceptors (Lipinski definition) is 6. The Morgan fingerprint density at radius 2 is 1.52 bits per heavy atom. The number of rotatable bonds is 18. The van der Waals surface area contributed by atoms with Gasteiger partial charge in [-0.3, -0.25) is 19.3 Å². The van der Waals surface area contributed by atoms with Crippen molar-refractivity contribution in [2.45, 2.75) is 124 Å². The molecular weight excluding hydrogens is 675 g/mol. The van der Waals surface area contributed by atoms with Crippen LogP contribution in [0.5, 0.6) is 0 Å². The number of unbranched alkanes of at least 4 members (excludes halogenated alkanes) is 7. The van der Waals surface area contributed by atoms with Crippen LogP contribution in [0.1, 0.15) is 123 Å². The van der Waals surface area contributed by atoms with Crippen LogP contribution >= 0.6 is 0 Å². The van der Waals surface area contributed by atoms with Gasteiger partial charge in [0.2, 0.25) is 5.91 Å². The van der Waals surface area contributed by atoms with E-state index in [4.69, 9.17) is 4.74 Å². The molecule has 2 amide bonds. The molecule has 0 bridgehead atoms. The van der Waals surface area contributed by atoms with Crippen molar-refractivity contribution in [2.75, 3.05) is 50.8 Å². The summed E-state index contributed by atoms with van der Waals surface area (Å²) in [6.45, 7) is 16.9. The van der Waals surface area contributed by atoms with Crippen molar-refractivity contribution in [1.82, 2.24) is 20.1 Å². The maximum absolute atomic E-state index is 13.9. The topological polar surface area (TPSA) is 98.0 Å². The Kier molecular flexibility index (Phi) is 15.8. The second-order valence-corrected chi connectivity index (χ2v) is 15.5. The number of ether oxygens (including phenoxy) is 1. The van der Waals surface area contributed by atoms with Gasteiger partial charge < -0.3 is 24.8 Å². The third-order valence-electron chi connectivity index (χ3n) is 11.5. The highest BCUT2D eigenvalue weighted by atomic mass is 16.5. The third-order valence-corrected chi connectivity index (χ3v) is 11.5. The minimum absolute atomic E-state index is 0.160. The van der Waals surface area contributed by atoms with Crippen LogP contribution in [0.25, 0.3) is 11.1 Å². The van der Waals surface area contributed by atoms with Gasteiger partial charge in [0.15, 0.2) is 0 Å². The first-order valence-corrected chi connectivity index (χ1v) is 20.7. The number of aromatic amines is 1. The van der Waals surface area contributed by atoms with E-state index in [2.05, 4.69) is 69.2 Å². The number of anilines is 1. The SMILES string of the molecule is CCCCCCCCCCC(=O)N1CCN(Cc2ccc(-c3cc(C(=O)NCc4c(C)cc(C)[nH]c4=O)c(C)c(N(CC)C4CCOCC4)c3)cc2)CC1. The van der Waals surface area contributed by atoms with Gasteiger partial charge in [-0.25, -0.2) is 0 Å². The zero-order valence-corrected chi connectivity index (χ0v) is 33.7. The number of pyridine rings is 1. The number of H-pyrrole nitrogens is 1. The molecular formula is C45H65N5O4. The van der Waals surface area contributed by atoms with Gasteiger partial charge in [0, 0.05) is 94.0 Å². The van der Waals surface area contributed by atoms with Crippen LogP contribution in [0.4, 0.5) is 5.69 Å². The summed E-state index contributed by atoms with van der Waals surface area (Å²) in [6, 6.07) is 15.2. The molecule has 0 radical (unpaired) electrons. The Bertz CT molecular complexity index is 1720. The summed E-state index contributed by atoms with van der Waals surface area (Å²) in [7, 11) is 0. The Labute approximate surface area is 323 Å². The highest BCUT2D eigenvalue weighted by Crippen LogP contribution is 2.34.